The van der Waals surface area contributed by atoms with Crippen LogP contribution in [0.3, 0.4) is 0 Å². The van der Waals surface area contributed by atoms with Crippen molar-refractivity contribution in [2.45, 2.75) is 38.5 Å². The number of carbonyl (C=O) groups excluding carboxylic acids is 1. The number of aliphatic hydroxyl groups excluding tert-OH is 1. The molecule has 0 saturated carbocycles. The van der Waals surface area contributed by atoms with Crippen molar-refractivity contribution < 1.29 is 14.6 Å². The van der Waals surface area contributed by atoms with E-state index in [2.05, 4.69) is 4.85 Å². The fourth-order valence-corrected chi connectivity index (χ4v) is 1.37. The number of carbonyl (C=O) groups is 1. The summed E-state index contributed by atoms with van der Waals surface area (Å²) in [4.78, 5) is 16.2. The van der Waals surface area contributed by atoms with E-state index in [4.69, 9.17) is 11.3 Å². The lowest BCUT2D eigenvalue weighted by Crippen LogP contribution is -2.35. The van der Waals surface area contributed by atoms with Gasteiger partial charge in [-0.3, -0.25) is 4.90 Å². The van der Waals surface area contributed by atoms with Gasteiger partial charge in [0.25, 0.3) is 6.04 Å². The fraction of sp³-hybridized carbons (Fsp3) is 0.800. The summed E-state index contributed by atoms with van der Waals surface area (Å²) in [5.74, 6) is 0. The second kappa shape index (κ2) is 4.07. The van der Waals surface area contributed by atoms with E-state index in [9.17, 15) is 9.90 Å². The van der Waals surface area contributed by atoms with Crippen LogP contribution in [-0.4, -0.2) is 46.9 Å². The number of amides is 1. The van der Waals surface area contributed by atoms with Gasteiger partial charge in [0.05, 0.1) is 6.54 Å². The van der Waals surface area contributed by atoms with Crippen LogP contribution in [0.15, 0.2) is 0 Å². The monoisotopic (exact) mass is 212 g/mol. The van der Waals surface area contributed by atoms with Crippen LogP contribution >= 0.6 is 0 Å². The van der Waals surface area contributed by atoms with Crippen molar-refractivity contribution in [2.24, 2.45) is 0 Å². The topological polar surface area (TPSA) is 54.1 Å². The molecule has 1 N–H and O–H groups in total. The molecule has 0 aromatic rings. The zero-order valence-corrected chi connectivity index (χ0v) is 9.23. The normalized spacial score (nSPS) is 26.2. The van der Waals surface area contributed by atoms with Gasteiger partial charge in [-0.1, -0.05) is 0 Å². The first-order valence-electron chi connectivity index (χ1n) is 4.86. The molecule has 0 aromatic carbocycles. The van der Waals surface area contributed by atoms with Crippen LogP contribution in [0, 0.1) is 6.57 Å². The number of aliphatic hydroxyl groups is 1. The van der Waals surface area contributed by atoms with E-state index in [1.165, 1.54) is 4.90 Å². The zero-order chi connectivity index (χ0) is 11.6. The highest BCUT2D eigenvalue weighted by atomic mass is 16.6. The summed E-state index contributed by atoms with van der Waals surface area (Å²) in [7, 11) is 0. The van der Waals surface area contributed by atoms with Crippen molar-refractivity contribution in [2.75, 3.05) is 13.1 Å². The van der Waals surface area contributed by atoms with Gasteiger partial charge in [0.2, 0.25) is 0 Å². The SMILES string of the molecule is [C-]#[N+][C@@H]1CN(C(=O)OC(C)(C)C)C[C@@H]1O. The number of likely N-dealkylation sites (tertiary alicyclic amines) is 1. The third kappa shape index (κ3) is 3.10. The molecule has 1 rings (SSSR count). The lowest BCUT2D eigenvalue weighted by molar-refractivity contribution is 0.0270. The van der Waals surface area contributed by atoms with E-state index in [1.807, 2.05) is 0 Å². The van der Waals surface area contributed by atoms with Crippen LogP contribution in [0.25, 0.3) is 4.85 Å². The Hall–Kier alpha value is -1.28. The smallest absolute Gasteiger partial charge is 0.410 e. The maximum absolute atomic E-state index is 11.6. The number of nitrogens with zero attached hydrogens (tertiary/aromatic N) is 2. The molecule has 0 bridgehead atoms. The van der Waals surface area contributed by atoms with Crippen LogP contribution in [0.1, 0.15) is 20.8 Å². The molecule has 1 amide bonds. The van der Waals surface area contributed by atoms with Crippen molar-refractivity contribution in [3.63, 3.8) is 0 Å². The molecular formula is C10H16N2O3. The molecule has 0 spiro atoms. The quantitative estimate of drug-likeness (QED) is 0.607. The number of hydrogen-bond donors (Lipinski definition) is 1. The van der Waals surface area contributed by atoms with Gasteiger partial charge in [0, 0.05) is 0 Å². The third-order valence-electron chi connectivity index (χ3n) is 2.08. The van der Waals surface area contributed by atoms with Crippen molar-refractivity contribution in [3.05, 3.63) is 11.4 Å². The molecule has 5 nitrogen and oxygen atoms in total. The van der Waals surface area contributed by atoms with Gasteiger partial charge in [-0.2, -0.15) is 0 Å². The van der Waals surface area contributed by atoms with Crippen molar-refractivity contribution >= 4 is 6.09 Å². The molecule has 0 radical (unpaired) electrons. The predicted octanol–water partition coefficient (Wildman–Crippen LogP) is 0.886. The lowest BCUT2D eigenvalue weighted by atomic mass is 10.2. The minimum Gasteiger partial charge on any atom is -0.444 e. The first-order valence-corrected chi connectivity index (χ1v) is 4.86. The van der Waals surface area contributed by atoms with Crippen LogP contribution in [0.2, 0.25) is 0 Å². The average molecular weight is 212 g/mol. The molecule has 2 atom stereocenters. The van der Waals surface area contributed by atoms with E-state index in [1.54, 1.807) is 20.8 Å². The Morgan fingerprint density at radius 3 is 2.53 bits per heavy atom. The van der Waals surface area contributed by atoms with Crippen LogP contribution in [0.4, 0.5) is 4.79 Å². The van der Waals surface area contributed by atoms with Crippen LogP contribution in [-0.2, 0) is 4.74 Å². The summed E-state index contributed by atoms with van der Waals surface area (Å²) < 4.78 is 5.14. The molecular weight excluding hydrogens is 196 g/mol. The Morgan fingerprint density at radius 1 is 1.53 bits per heavy atom. The van der Waals surface area contributed by atoms with E-state index < -0.39 is 23.8 Å². The largest absolute Gasteiger partial charge is 0.444 e. The molecule has 15 heavy (non-hydrogen) atoms. The molecule has 1 aliphatic heterocycles. The summed E-state index contributed by atoms with van der Waals surface area (Å²) in [5, 5.41) is 9.44. The molecule has 1 saturated heterocycles. The second-order valence-corrected chi connectivity index (χ2v) is 4.65. The standard InChI is InChI=1S/C10H16N2O3/c1-10(2,3)15-9(14)12-5-7(11-4)8(13)6-12/h7-8,13H,5-6H2,1-3H3/t7-,8+/m1/s1. The molecule has 0 unspecified atom stereocenters. The summed E-state index contributed by atoms with van der Waals surface area (Å²) in [6, 6.07) is -0.516. The first-order chi connectivity index (χ1) is 6.83. The molecule has 0 aliphatic carbocycles. The Labute approximate surface area is 89.4 Å². The Kier molecular flexibility index (Phi) is 3.20. The van der Waals surface area contributed by atoms with Crippen molar-refractivity contribution in [1.82, 2.24) is 4.90 Å². The van der Waals surface area contributed by atoms with Crippen molar-refractivity contribution in [3.8, 4) is 0 Å². The number of hydrogen-bond acceptors (Lipinski definition) is 3. The molecule has 84 valence electrons. The summed E-state index contributed by atoms with van der Waals surface area (Å²) in [6.07, 6.45) is -1.22. The lowest BCUT2D eigenvalue weighted by Gasteiger charge is -2.23. The Morgan fingerprint density at radius 2 is 2.13 bits per heavy atom. The van der Waals surface area contributed by atoms with E-state index in [0.29, 0.717) is 0 Å². The maximum Gasteiger partial charge on any atom is 0.410 e. The minimum absolute atomic E-state index is 0.183. The molecule has 1 fully saturated rings. The van der Waals surface area contributed by atoms with Gasteiger partial charge in [0.15, 0.2) is 0 Å². The highest BCUT2D eigenvalue weighted by molar-refractivity contribution is 5.68. The van der Waals surface area contributed by atoms with E-state index in [-0.39, 0.29) is 13.1 Å². The Balaban J connectivity index is 2.54. The second-order valence-electron chi connectivity index (χ2n) is 4.65. The number of rotatable bonds is 0. The third-order valence-corrected chi connectivity index (χ3v) is 2.08. The van der Waals surface area contributed by atoms with Gasteiger partial charge in [-0.15, -0.1) is 0 Å². The molecule has 1 heterocycles. The average Bonchev–Trinajstić information content (AvgIpc) is 2.43. The van der Waals surface area contributed by atoms with Crippen molar-refractivity contribution in [1.29, 1.82) is 0 Å². The first kappa shape index (κ1) is 11.8. The highest BCUT2D eigenvalue weighted by Crippen LogP contribution is 2.17. The Bertz CT molecular complexity index is 290. The van der Waals surface area contributed by atoms with Gasteiger partial charge in [0.1, 0.15) is 18.2 Å². The van der Waals surface area contributed by atoms with Gasteiger partial charge >= 0.3 is 6.09 Å². The predicted molar refractivity (Wildman–Crippen MR) is 54.2 cm³/mol. The molecule has 1 aliphatic rings. The zero-order valence-electron chi connectivity index (χ0n) is 9.23. The van der Waals surface area contributed by atoms with Crippen LogP contribution < -0.4 is 0 Å². The number of β-amino-alcohol motifs (C(OH)–C–C–N with tert-alkyl or cyclic N) is 1. The highest BCUT2D eigenvalue weighted by Gasteiger charge is 2.39. The maximum atomic E-state index is 11.6. The van der Waals surface area contributed by atoms with Gasteiger partial charge < -0.3 is 14.7 Å². The number of ether oxygens (including phenoxy) is 1. The summed E-state index contributed by atoms with van der Waals surface area (Å²) in [6.45, 7) is 12.6. The fourth-order valence-electron chi connectivity index (χ4n) is 1.37. The van der Waals surface area contributed by atoms with E-state index in [0.717, 1.165) is 0 Å². The van der Waals surface area contributed by atoms with Crippen LogP contribution in [0.5, 0.6) is 0 Å². The summed E-state index contributed by atoms with van der Waals surface area (Å²) >= 11 is 0. The van der Waals surface area contributed by atoms with E-state index >= 15 is 0 Å². The van der Waals surface area contributed by atoms with Gasteiger partial charge in [-0.05, 0) is 20.8 Å². The summed E-state index contributed by atoms with van der Waals surface area (Å²) in [5.41, 5.74) is -0.543. The molecule has 0 aromatic heterocycles. The van der Waals surface area contributed by atoms with Gasteiger partial charge in [-0.25, -0.2) is 11.4 Å². The minimum atomic E-state index is -0.755. The molecule has 5 heteroatoms.